The Morgan fingerprint density at radius 2 is 2.29 bits per heavy atom. The first-order valence-electron chi connectivity index (χ1n) is 5.52. The Labute approximate surface area is 86.0 Å². The molecule has 1 heterocycles. The average molecular weight is 194 g/mol. The van der Waals surface area contributed by atoms with Crippen LogP contribution in [0, 0.1) is 11.8 Å². The summed E-state index contributed by atoms with van der Waals surface area (Å²) in [7, 11) is 0. The van der Waals surface area contributed by atoms with Gasteiger partial charge in [-0.05, 0) is 19.8 Å². The molecule has 2 heteroatoms. The first-order chi connectivity index (χ1) is 6.87. The zero-order valence-corrected chi connectivity index (χ0v) is 8.84. The van der Waals surface area contributed by atoms with E-state index in [1.807, 2.05) is 6.92 Å². The van der Waals surface area contributed by atoms with E-state index in [0.29, 0.717) is 12.7 Å². The van der Waals surface area contributed by atoms with Crippen molar-refractivity contribution in [2.75, 3.05) is 13.2 Å². The van der Waals surface area contributed by atoms with Crippen LogP contribution in [0.15, 0.2) is 0 Å². The van der Waals surface area contributed by atoms with Gasteiger partial charge in [-0.25, -0.2) is 0 Å². The van der Waals surface area contributed by atoms with Crippen LogP contribution in [0.1, 0.15) is 39.0 Å². The molecular weight excluding hydrogens is 176 g/mol. The second-order valence-corrected chi connectivity index (χ2v) is 4.18. The Bertz CT molecular complexity index is 245. The quantitative estimate of drug-likeness (QED) is 0.496. The lowest BCUT2D eigenvalue weighted by atomic mass is 9.98. The molecule has 2 rings (SSSR count). The predicted molar refractivity (Wildman–Crippen MR) is 55.0 cm³/mol. The first kappa shape index (κ1) is 10.0. The Hall–Kier alpha value is -0.520. The van der Waals surface area contributed by atoms with Gasteiger partial charge in [-0.15, -0.1) is 5.92 Å². The minimum absolute atomic E-state index is 0.0892. The number of rotatable bonds is 2. The van der Waals surface area contributed by atoms with Crippen molar-refractivity contribution in [3.8, 4) is 11.8 Å². The van der Waals surface area contributed by atoms with Gasteiger partial charge in [0.25, 0.3) is 0 Å². The maximum absolute atomic E-state index is 5.78. The molecule has 0 amide bonds. The molecule has 2 aliphatic rings. The molecule has 14 heavy (non-hydrogen) atoms. The summed E-state index contributed by atoms with van der Waals surface area (Å²) in [5, 5.41) is 0. The maximum Gasteiger partial charge on any atom is 0.118 e. The van der Waals surface area contributed by atoms with Crippen molar-refractivity contribution in [2.24, 2.45) is 0 Å². The molecule has 2 nitrogen and oxygen atoms in total. The highest BCUT2D eigenvalue weighted by Gasteiger charge is 2.52. The molecule has 0 aromatic carbocycles. The van der Waals surface area contributed by atoms with Crippen molar-refractivity contribution in [1.82, 2.24) is 0 Å². The van der Waals surface area contributed by atoms with Gasteiger partial charge in [-0.1, -0.05) is 25.2 Å². The third-order valence-corrected chi connectivity index (χ3v) is 3.20. The van der Waals surface area contributed by atoms with Crippen LogP contribution >= 0.6 is 0 Å². The molecule has 2 atom stereocenters. The monoisotopic (exact) mass is 194 g/mol. The van der Waals surface area contributed by atoms with Gasteiger partial charge < -0.3 is 9.47 Å². The van der Waals surface area contributed by atoms with Crippen LogP contribution in [0.2, 0.25) is 0 Å². The van der Waals surface area contributed by atoms with E-state index in [0.717, 1.165) is 13.0 Å². The lowest BCUT2D eigenvalue weighted by Gasteiger charge is -2.20. The van der Waals surface area contributed by atoms with Crippen LogP contribution < -0.4 is 0 Å². The fourth-order valence-electron chi connectivity index (χ4n) is 2.23. The van der Waals surface area contributed by atoms with Crippen LogP contribution in [0.5, 0.6) is 0 Å². The van der Waals surface area contributed by atoms with Crippen molar-refractivity contribution in [2.45, 2.75) is 50.7 Å². The van der Waals surface area contributed by atoms with Gasteiger partial charge in [-0.3, -0.25) is 0 Å². The number of epoxide rings is 1. The molecule has 0 N–H and O–H groups in total. The highest BCUT2D eigenvalue weighted by Crippen LogP contribution is 2.42. The van der Waals surface area contributed by atoms with E-state index in [2.05, 4.69) is 11.8 Å². The van der Waals surface area contributed by atoms with Crippen LogP contribution in [-0.2, 0) is 9.47 Å². The maximum atomic E-state index is 5.78. The lowest BCUT2D eigenvalue weighted by Crippen LogP contribution is -2.31. The summed E-state index contributed by atoms with van der Waals surface area (Å²) in [6.07, 6.45) is 6.51. The summed E-state index contributed by atoms with van der Waals surface area (Å²) < 4.78 is 11.4. The summed E-state index contributed by atoms with van der Waals surface area (Å²) in [6, 6.07) is 0. The largest absolute Gasteiger partial charge is 0.367 e. The summed E-state index contributed by atoms with van der Waals surface area (Å²) >= 11 is 0. The molecule has 78 valence electrons. The molecule has 0 bridgehead atoms. The molecule has 0 radical (unpaired) electrons. The molecule has 1 spiro atoms. The summed E-state index contributed by atoms with van der Waals surface area (Å²) in [5.41, 5.74) is 0.0892. The smallest absolute Gasteiger partial charge is 0.118 e. The average Bonchev–Trinajstić information content (AvgIpc) is 2.98. The molecule has 1 unspecified atom stereocenters. The summed E-state index contributed by atoms with van der Waals surface area (Å²) in [6.45, 7) is 3.31. The summed E-state index contributed by atoms with van der Waals surface area (Å²) in [4.78, 5) is 0. The second kappa shape index (κ2) is 4.33. The van der Waals surface area contributed by atoms with Crippen LogP contribution in [0.25, 0.3) is 0 Å². The van der Waals surface area contributed by atoms with Crippen molar-refractivity contribution in [1.29, 1.82) is 0 Å². The fourth-order valence-corrected chi connectivity index (χ4v) is 2.23. The third kappa shape index (κ3) is 2.10. The highest BCUT2D eigenvalue weighted by molar-refractivity contribution is 5.02. The van der Waals surface area contributed by atoms with E-state index in [1.165, 1.54) is 25.7 Å². The van der Waals surface area contributed by atoms with Crippen molar-refractivity contribution < 1.29 is 9.47 Å². The van der Waals surface area contributed by atoms with Crippen LogP contribution in [-0.4, -0.2) is 24.9 Å². The van der Waals surface area contributed by atoms with Crippen LogP contribution in [0.4, 0.5) is 0 Å². The zero-order chi connectivity index (χ0) is 9.86. The van der Waals surface area contributed by atoms with E-state index >= 15 is 0 Å². The molecule has 1 aliphatic carbocycles. The molecule has 0 aromatic heterocycles. The second-order valence-electron chi connectivity index (χ2n) is 4.18. The number of hydrogen-bond acceptors (Lipinski definition) is 2. The fraction of sp³-hybridized carbons (Fsp3) is 0.833. The van der Waals surface area contributed by atoms with Crippen molar-refractivity contribution in [3.05, 3.63) is 0 Å². The zero-order valence-electron chi connectivity index (χ0n) is 8.84. The Morgan fingerprint density at radius 3 is 3.00 bits per heavy atom. The molecule has 1 saturated carbocycles. The Balaban J connectivity index is 1.88. The molecule has 0 aromatic rings. The van der Waals surface area contributed by atoms with E-state index in [9.17, 15) is 0 Å². The minimum atomic E-state index is 0.0892. The van der Waals surface area contributed by atoms with E-state index in [1.54, 1.807) is 0 Å². The van der Waals surface area contributed by atoms with Gasteiger partial charge in [0.15, 0.2) is 0 Å². The van der Waals surface area contributed by atoms with Gasteiger partial charge in [0.05, 0.1) is 12.7 Å². The molecule has 2 fully saturated rings. The topological polar surface area (TPSA) is 21.8 Å². The SMILES string of the molecule is CC#CCO[C@@H]1CCCCCC12CO2. The van der Waals surface area contributed by atoms with E-state index in [-0.39, 0.29) is 5.60 Å². The number of hydrogen-bond donors (Lipinski definition) is 0. The van der Waals surface area contributed by atoms with Crippen LogP contribution in [0.3, 0.4) is 0 Å². The van der Waals surface area contributed by atoms with Crippen molar-refractivity contribution >= 4 is 0 Å². The van der Waals surface area contributed by atoms with E-state index in [4.69, 9.17) is 9.47 Å². The lowest BCUT2D eigenvalue weighted by molar-refractivity contribution is 0.00870. The third-order valence-electron chi connectivity index (χ3n) is 3.20. The normalized spacial score (nSPS) is 35.9. The summed E-state index contributed by atoms with van der Waals surface area (Å²) in [5.74, 6) is 5.81. The predicted octanol–water partition coefficient (Wildman–Crippen LogP) is 2.13. The van der Waals surface area contributed by atoms with Crippen molar-refractivity contribution in [3.63, 3.8) is 0 Å². The van der Waals surface area contributed by atoms with Gasteiger partial charge >= 0.3 is 0 Å². The first-order valence-corrected chi connectivity index (χ1v) is 5.52. The van der Waals surface area contributed by atoms with Gasteiger partial charge in [0.2, 0.25) is 0 Å². The Morgan fingerprint density at radius 1 is 1.43 bits per heavy atom. The molecule has 1 aliphatic heterocycles. The standard InChI is InChI=1S/C12H18O2/c1-2-3-9-13-11-7-5-4-6-8-12(11)10-14-12/h11H,4-10H2,1H3/t11-,12?/m1/s1. The van der Waals surface area contributed by atoms with Gasteiger partial charge in [-0.2, -0.15) is 0 Å². The Kier molecular flexibility index (Phi) is 3.10. The van der Waals surface area contributed by atoms with Gasteiger partial charge in [0.1, 0.15) is 12.2 Å². The molecule has 1 saturated heterocycles. The minimum Gasteiger partial charge on any atom is -0.367 e. The van der Waals surface area contributed by atoms with Gasteiger partial charge in [0, 0.05) is 0 Å². The number of ether oxygens (including phenoxy) is 2. The highest BCUT2D eigenvalue weighted by atomic mass is 16.6. The van der Waals surface area contributed by atoms with E-state index < -0.39 is 0 Å². The molecular formula is C12H18O2.